The van der Waals surface area contributed by atoms with Crippen LogP contribution in [0, 0.1) is 28.4 Å². The van der Waals surface area contributed by atoms with Gasteiger partial charge in [0.2, 0.25) is 5.82 Å². The van der Waals surface area contributed by atoms with Crippen LogP contribution in [0.5, 0.6) is 5.75 Å². The molecule has 0 amide bonds. The molecule has 0 radical (unpaired) electrons. The third-order valence-corrected chi connectivity index (χ3v) is 3.24. The van der Waals surface area contributed by atoms with Crippen LogP contribution in [0.3, 0.4) is 0 Å². The van der Waals surface area contributed by atoms with E-state index in [1.54, 1.807) is 26.1 Å². The third kappa shape index (κ3) is 3.97. The SMILES string of the molecule is Cc1nn(C)c(NCCOc2ccc(CC#N)cc2)c1[N+](=O)[O-]. The molecule has 0 saturated heterocycles. The van der Waals surface area contributed by atoms with Gasteiger partial charge in [-0.05, 0) is 24.6 Å². The van der Waals surface area contributed by atoms with Crippen LogP contribution in [0.15, 0.2) is 24.3 Å². The zero-order valence-electron chi connectivity index (χ0n) is 12.9. The van der Waals surface area contributed by atoms with Gasteiger partial charge in [0.05, 0.1) is 24.0 Å². The smallest absolute Gasteiger partial charge is 0.333 e. The molecule has 23 heavy (non-hydrogen) atoms. The van der Waals surface area contributed by atoms with Gasteiger partial charge in [0.15, 0.2) is 0 Å². The van der Waals surface area contributed by atoms with E-state index in [2.05, 4.69) is 16.5 Å². The molecule has 1 N–H and O–H groups in total. The molecule has 2 rings (SSSR count). The maximum absolute atomic E-state index is 11.1. The number of nitrogens with one attached hydrogen (secondary N) is 1. The third-order valence-electron chi connectivity index (χ3n) is 3.24. The molecular weight excluding hydrogens is 298 g/mol. The van der Waals surface area contributed by atoms with Crippen LogP contribution in [0.2, 0.25) is 0 Å². The molecule has 0 unspecified atom stereocenters. The summed E-state index contributed by atoms with van der Waals surface area (Å²) in [6.45, 7) is 2.35. The summed E-state index contributed by atoms with van der Waals surface area (Å²) in [5, 5.41) is 26.7. The van der Waals surface area contributed by atoms with Crippen LogP contribution in [0.4, 0.5) is 11.5 Å². The average Bonchev–Trinajstić information content (AvgIpc) is 2.79. The number of rotatable bonds is 7. The van der Waals surface area contributed by atoms with Crippen molar-refractivity contribution >= 4 is 11.5 Å². The largest absolute Gasteiger partial charge is 0.492 e. The van der Waals surface area contributed by atoms with Gasteiger partial charge in [-0.15, -0.1) is 0 Å². The normalized spacial score (nSPS) is 10.1. The Bertz CT molecular complexity index is 731. The van der Waals surface area contributed by atoms with Crippen molar-refractivity contribution in [2.24, 2.45) is 7.05 Å². The van der Waals surface area contributed by atoms with Gasteiger partial charge in [0.25, 0.3) is 0 Å². The van der Waals surface area contributed by atoms with Crippen molar-refractivity contribution in [3.8, 4) is 11.8 Å². The monoisotopic (exact) mass is 315 g/mol. The Morgan fingerprint density at radius 3 is 2.74 bits per heavy atom. The van der Waals surface area contributed by atoms with Crippen LogP contribution >= 0.6 is 0 Å². The Hall–Kier alpha value is -3.08. The van der Waals surface area contributed by atoms with Crippen molar-refractivity contribution in [3.63, 3.8) is 0 Å². The topological polar surface area (TPSA) is 106 Å². The zero-order valence-corrected chi connectivity index (χ0v) is 12.9. The standard InChI is InChI=1S/C15H17N5O3/c1-11-14(20(21)22)15(19(2)18-11)17-9-10-23-13-5-3-12(4-6-13)7-8-16/h3-6,17H,7,9-10H2,1-2H3. The lowest BCUT2D eigenvalue weighted by Gasteiger charge is -2.08. The molecule has 0 bridgehead atoms. The quantitative estimate of drug-likeness (QED) is 0.477. The van der Waals surface area contributed by atoms with Crippen molar-refractivity contribution in [1.29, 1.82) is 5.26 Å². The predicted octanol–water partition coefficient (Wildman–Crippen LogP) is 2.19. The molecule has 8 nitrogen and oxygen atoms in total. The number of nitro groups is 1. The highest BCUT2D eigenvalue weighted by Crippen LogP contribution is 2.26. The molecule has 0 aliphatic rings. The molecule has 0 fully saturated rings. The summed E-state index contributed by atoms with van der Waals surface area (Å²) in [5.41, 5.74) is 1.28. The first kappa shape index (κ1) is 16.3. The van der Waals surface area contributed by atoms with Gasteiger partial charge >= 0.3 is 5.69 Å². The van der Waals surface area contributed by atoms with Crippen molar-refractivity contribution in [2.75, 3.05) is 18.5 Å². The Kier molecular flexibility index (Phi) is 5.15. The number of aromatic nitrogens is 2. The summed E-state index contributed by atoms with van der Waals surface area (Å²) in [7, 11) is 1.65. The number of benzene rings is 1. The highest BCUT2D eigenvalue weighted by Gasteiger charge is 2.23. The van der Waals surface area contributed by atoms with E-state index in [0.717, 1.165) is 5.56 Å². The fraction of sp³-hybridized carbons (Fsp3) is 0.333. The second kappa shape index (κ2) is 7.26. The van der Waals surface area contributed by atoms with Gasteiger partial charge in [-0.1, -0.05) is 12.1 Å². The minimum atomic E-state index is -0.445. The van der Waals surface area contributed by atoms with Gasteiger partial charge in [0, 0.05) is 7.05 Å². The van der Waals surface area contributed by atoms with E-state index in [0.29, 0.717) is 36.8 Å². The van der Waals surface area contributed by atoms with Crippen LogP contribution in [-0.4, -0.2) is 27.9 Å². The summed E-state index contributed by atoms with van der Waals surface area (Å²) < 4.78 is 7.01. The predicted molar refractivity (Wildman–Crippen MR) is 84.3 cm³/mol. The lowest BCUT2D eigenvalue weighted by atomic mass is 10.2. The number of ether oxygens (including phenoxy) is 1. The number of aryl methyl sites for hydroxylation is 2. The number of hydrogen-bond donors (Lipinski definition) is 1. The fourth-order valence-electron chi connectivity index (χ4n) is 2.20. The van der Waals surface area contributed by atoms with E-state index in [4.69, 9.17) is 10.00 Å². The molecule has 1 aromatic heterocycles. The van der Waals surface area contributed by atoms with Crippen molar-refractivity contribution in [3.05, 3.63) is 45.6 Å². The highest BCUT2D eigenvalue weighted by atomic mass is 16.6. The average molecular weight is 315 g/mol. The number of nitriles is 1. The molecule has 0 aliphatic heterocycles. The Balaban J connectivity index is 1.89. The van der Waals surface area contributed by atoms with Crippen LogP contribution in [-0.2, 0) is 13.5 Å². The summed E-state index contributed by atoms with van der Waals surface area (Å²) in [5.74, 6) is 1.05. The first-order valence-corrected chi connectivity index (χ1v) is 7.03. The van der Waals surface area contributed by atoms with Crippen LogP contribution in [0.25, 0.3) is 0 Å². The van der Waals surface area contributed by atoms with Gasteiger partial charge in [0.1, 0.15) is 18.1 Å². The Morgan fingerprint density at radius 1 is 1.43 bits per heavy atom. The summed E-state index contributed by atoms with van der Waals surface area (Å²) >= 11 is 0. The molecule has 2 aromatic rings. The molecule has 120 valence electrons. The summed E-state index contributed by atoms with van der Waals surface area (Å²) in [6, 6.07) is 9.34. The van der Waals surface area contributed by atoms with E-state index in [-0.39, 0.29) is 5.69 Å². The lowest BCUT2D eigenvalue weighted by molar-refractivity contribution is -0.384. The molecule has 8 heteroatoms. The van der Waals surface area contributed by atoms with E-state index in [1.165, 1.54) is 4.68 Å². The highest BCUT2D eigenvalue weighted by molar-refractivity contribution is 5.59. The van der Waals surface area contributed by atoms with E-state index < -0.39 is 4.92 Å². The van der Waals surface area contributed by atoms with E-state index >= 15 is 0 Å². The maximum Gasteiger partial charge on any atom is 0.333 e. The van der Waals surface area contributed by atoms with Crippen LogP contribution in [0.1, 0.15) is 11.3 Å². The number of hydrogen-bond acceptors (Lipinski definition) is 6. The molecule has 0 aliphatic carbocycles. The van der Waals surface area contributed by atoms with Gasteiger partial charge in [-0.25, -0.2) is 4.68 Å². The first-order chi connectivity index (χ1) is 11.0. The second-order valence-electron chi connectivity index (χ2n) is 4.92. The molecule has 0 atom stereocenters. The van der Waals surface area contributed by atoms with Gasteiger partial charge < -0.3 is 10.1 Å². The molecule has 0 spiro atoms. The fourth-order valence-corrected chi connectivity index (χ4v) is 2.20. The minimum absolute atomic E-state index is 0.0200. The molecule has 1 heterocycles. The first-order valence-electron chi connectivity index (χ1n) is 7.03. The van der Waals surface area contributed by atoms with Crippen molar-refractivity contribution in [2.45, 2.75) is 13.3 Å². The molecule has 0 saturated carbocycles. The Morgan fingerprint density at radius 2 is 2.13 bits per heavy atom. The molecular formula is C15H17N5O3. The van der Waals surface area contributed by atoms with Gasteiger partial charge in [-0.2, -0.15) is 10.4 Å². The number of nitrogens with zero attached hydrogens (tertiary/aromatic N) is 4. The Labute approximate surface area is 133 Å². The zero-order chi connectivity index (χ0) is 16.8. The van der Waals surface area contributed by atoms with Crippen LogP contribution < -0.4 is 10.1 Å². The van der Waals surface area contributed by atoms with Crippen molar-refractivity contribution in [1.82, 2.24) is 9.78 Å². The van der Waals surface area contributed by atoms with Gasteiger partial charge in [-0.3, -0.25) is 10.1 Å². The molecule has 1 aromatic carbocycles. The number of anilines is 1. The van der Waals surface area contributed by atoms with E-state index in [1.807, 2.05) is 12.1 Å². The maximum atomic E-state index is 11.1. The lowest BCUT2D eigenvalue weighted by Crippen LogP contribution is -2.14. The van der Waals surface area contributed by atoms with E-state index in [9.17, 15) is 10.1 Å². The minimum Gasteiger partial charge on any atom is -0.492 e. The summed E-state index contributed by atoms with van der Waals surface area (Å²) in [4.78, 5) is 10.6. The second-order valence-corrected chi connectivity index (χ2v) is 4.92. The summed E-state index contributed by atoms with van der Waals surface area (Å²) in [6.07, 6.45) is 0.366. The van der Waals surface area contributed by atoms with Crippen molar-refractivity contribution < 1.29 is 9.66 Å².